The van der Waals surface area contributed by atoms with Crippen molar-refractivity contribution in [3.8, 4) is 0 Å². The number of benzene rings is 1. The number of anilines is 2. The topological polar surface area (TPSA) is 105 Å². The summed E-state index contributed by atoms with van der Waals surface area (Å²) in [6.07, 6.45) is -4.16. The normalized spacial score (nSPS) is 24.2. The number of hydrogen-bond donors (Lipinski definition) is 2. The van der Waals surface area contributed by atoms with Gasteiger partial charge in [0, 0.05) is 30.4 Å². The van der Waals surface area contributed by atoms with Crippen LogP contribution >= 0.6 is 0 Å². The smallest absolute Gasteiger partial charge is 0.355 e. The fourth-order valence-electron chi connectivity index (χ4n) is 4.18. The summed E-state index contributed by atoms with van der Waals surface area (Å²) in [5.41, 5.74) is -2.87. The molecule has 3 N–H and O–H groups in total. The first-order valence-electron chi connectivity index (χ1n) is 9.79. The summed E-state index contributed by atoms with van der Waals surface area (Å²) >= 11 is 0. The predicted molar refractivity (Wildman–Crippen MR) is 108 cm³/mol. The molecule has 1 aromatic heterocycles. The summed E-state index contributed by atoms with van der Waals surface area (Å²) in [5, 5.41) is 7.40. The summed E-state index contributed by atoms with van der Waals surface area (Å²) in [7, 11) is -4.09. The largest absolute Gasteiger partial charge is 0.417 e. The van der Waals surface area contributed by atoms with Crippen LogP contribution in [-0.2, 0) is 16.2 Å². The van der Waals surface area contributed by atoms with Gasteiger partial charge in [-0.25, -0.2) is 27.3 Å². The minimum atomic E-state index is -4.79. The van der Waals surface area contributed by atoms with Crippen molar-refractivity contribution in [2.45, 2.75) is 30.3 Å². The van der Waals surface area contributed by atoms with E-state index >= 15 is 0 Å². The van der Waals surface area contributed by atoms with Crippen molar-refractivity contribution in [1.29, 1.82) is 0 Å². The Bertz CT molecular complexity index is 1230. The molecule has 4 rings (SSSR count). The number of halogens is 5. The van der Waals surface area contributed by atoms with E-state index in [1.165, 1.54) is 30.0 Å². The lowest BCUT2D eigenvalue weighted by atomic mass is 9.97. The molecule has 2 aliphatic rings. The lowest BCUT2D eigenvalue weighted by Crippen LogP contribution is -2.36. The molecule has 2 heterocycles. The van der Waals surface area contributed by atoms with Gasteiger partial charge >= 0.3 is 6.18 Å². The molecule has 1 aliphatic heterocycles. The van der Waals surface area contributed by atoms with Crippen LogP contribution in [0.5, 0.6) is 0 Å². The standard InChI is InChI=1S/C20H19F5N4O3S/c1-18-5-6-29(10-15(18)19(18,21)22)16-14(7-11(9-27-16)20(23,24)25)17(30)28-12-3-2-4-13(8-12)33(26,31)32/h2-4,7-9,15H,5-6,10H2,1H3,(H,28,30)(H2,26,31,32)/t15-,18+/m0/s1. The molecule has 0 radical (unpaired) electrons. The number of aromatic nitrogens is 1. The van der Waals surface area contributed by atoms with Gasteiger partial charge in [-0.1, -0.05) is 13.0 Å². The second-order valence-electron chi connectivity index (χ2n) is 8.41. The average molecular weight is 490 g/mol. The summed E-state index contributed by atoms with van der Waals surface area (Å²) < 4.78 is 91.2. The Kier molecular flexibility index (Phi) is 5.20. The van der Waals surface area contributed by atoms with E-state index < -0.39 is 50.5 Å². The fraction of sp³-hybridized carbons (Fsp3) is 0.400. The second kappa shape index (κ2) is 7.35. The highest BCUT2D eigenvalue weighted by atomic mass is 32.2. The number of amides is 1. The van der Waals surface area contributed by atoms with Crippen molar-refractivity contribution < 1.29 is 35.2 Å². The van der Waals surface area contributed by atoms with E-state index in [2.05, 4.69) is 10.3 Å². The number of pyridine rings is 1. The molecule has 2 fully saturated rings. The Morgan fingerprint density at radius 3 is 2.58 bits per heavy atom. The Morgan fingerprint density at radius 2 is 1.97 bits per heavy atom. The Labute approximate surface area is 185 Å². The van der Waals surface area contributed by atoms with Gasteiger partial charge in [-0.05, 0) is 30.7 Å². The van der Waals surface area contributed by atoms with Crippen LogP contribution < -0.4 is 15.4 Å². The van der Waals surface area contributed by atoms with Gasteiger partial charge in [0.25, 0.3) is 11.8 Å². The van der Waals surface area contributed by atoms with Crippen molar-refractivity contribution in [2.75, 3.05) is 23.3 Å². The number of nitrogens with two attached hydrogens (primary N) is 1. The molecule has 1 amide bonds. The van der Waals surface area contributed by atoms with Gasteiger partial charge in [-0.2, -0.15) is 13.2 Å². The van der Waals surface area contributed by atoms with Gasteiger partial charge in [0.15, 0.2) is 0 Å². The third kappa shape index (κ3) is 4.03. The molecule has 2 aromatic rings. The summed E-state index contributed by atoms with van der Waals surface area (Å²) in [6, 6.07) is 5.44. The molecular weight excluding hydrogens is 471 g/mol. The van der Waals surface area contributed by atoms with E-state index in [0.29, 0.717) is 12.3 Å². The van der Waals surface area contributed by atoms with Gasteiger partial charge in [-0.15, -0.1) is 0 Å². The van der Waals surface area contributed by atoms with Crippen LogP contribution in [0.3, 0.4) is 0 Å². The van der Waals surface area contributed by atoms with Gasteiger partial charge in [0.2, 0.25) is 10.0 Å². The highest BCUT2D eigenvalue weighted by Gasteiger charge is 2.78. The molecule has 1 aromatic carbocycles. The number of carbonyl (C=O) groups excluding carboxylic acids is 1. The molecule has 178 valence electrons. The zero-order chi connectivity index (χ0) is 24.4. The minimum absolute atomic E-state index is 0.0326. The fourth-order valence-corrected chi connectivity index (χ4v) is 4.74. The molecule has 1 saturated carbocycles. The molecule has 1 aliphatic carbocycles. The van der Waals surface area contributed by atoms with Crippen LogP contribution in [0.15, 0.2) is 41.4 Å². The maximum atomic E-state index is 14.1. The van der Waals surface area contributed by atoms with Crippen LogP contribution in [0.2, 0.25) is 0 Å². The molecule has 2 atom stereocenters. The molecule has 33 heavy (non-hydrogen) atoms. The van der Waals surface area contributed by atoms with Crippen LogP contribution in [0.4, 0.5) is 33.5 Å². The summed E-state index contributed by atoms with van der Waals surface area (Å²) in [6.45, 7) is 1.38. The molecule has 1 saturated heterocycles. The number of carbonyl (C=O) groups is 1. The van der Waals surface area contributed by atoms with E-state index in [9.17, 15) is 35.2 Å². The first-order chi connectivity index (χ1) is 15.1. The number of primary sulfonamides is 1. The highest BCUT2D eigenvalue weighted by Crippen LogP contribution is 2.69. The number of piperidine rings is 1. The van der Waals surface area contributed by atoms with E-state index in [-0.39, 0.29) is 35.9 Å². The van der Waals surface area contributed by atoms with E-state index in [4.69, 9.17) is 5.14 Å². The van der Waals surface area contributed by atoms with Gasteiger partial charge in [0.1, 0.15) is 5.82 Å². The van der Waals surface area contributed by atoms with E-state index in [1.54, 1.807) is 0 Å². The number of rotatable bonds is 4. The molecule has 0 bridgehead atoms. The minimum Gasteiger partial charge on any atom is -0.355 e. The monoisotopic (exact) mass is 490 g/mol. The van der Waals surface area contributed by atoms with Crippen molar-refractivity contribution >= 4 is 27.4 Å². The number of nitrogens with zero attached hydrogens (tertiary/aromatic N) is 2. The highest BCUT2D eigenvalue weighted by molar-refractivity contribution is 7.89. The molecule has 7 nitrogen and oxygen atoms in total. The third-order valence-corrected chi connectivity index (χ3v) is 7.26. The maximum Gasteiger partial charge on any atom is 0.417 e. The van der Waals surface area contributed by atoms with Crippen molar-refractivity contribution in [3.05, 3.63) is 47.7 Å². The van der Waals surface area contributed by atoms with Crippen molar-refractivity contribution in [3.63, 3.8) is 0 Å². The SMILES string of the molecule is C[C@@]12CCN(c3ncc(C(F)(F)F)cc3C(=O)Nc3cccc(S(N)(=O)=O)c3)C[C@@H]1C2(F)F. The number of hydrogen-bond acceptors (Lipinski definition) is 5. The van der Waals surface area contributed by atoms with Gasteiger partial charge in [-0.3, -0.25) is 4.79 Å². The predicted octanol–water partition coefficient (Wildman–Crippen LogP) is 3.48. The Morgan fingerprint density at radius 1 is 1.27 bits per heavy atom. The quantitative estimate of drug-likeness (QED) is 0.639. The van der Waals surface area contributed by atoms with Crippen LogP contribution in [0.1, 0.15) is 29.3 Å². The third-order valence-electron chi connectivity index (χ3n) is 6.35. The van der Waals surface area contributed by atoms with E-state index in [1.807, 2.05) is 0 Å². The number of sulfonamides is 1. The van der Waals surface area contributed by atoms with Crippen molar-refractivity contribution in [2.24, 2.45) is 16.5 Å². The Hall–Kier alpha value is -2.80. The summed E-state index contributed by atoms with van der Waals surface area (Å²) in [5.74, 6) is -5.06. The first-order valence-corrected chi connectivity index (χ1v) is 11.3. The number of fused-ring (bicyclic) bond motifs is 1. The van der Waals surface area contributed by atoms with Crippen LogP contribution in [0.25, 0.3) is 0 Å². The zero-order valence-electron chi connectivity index (χ0n) is 17.2. The zero-order valence-corrected chi connectivity index (χ0v) is 18.0. The molecule has 13 heteroatoms. The molecular formula is C20H19F5N4O3S. The second-order valence-corrected chi connectivity index (χ2v) is 9.97. The van der Waals surface area contributed by atoms with Crippen molar-refractivity contribution in [1.82, 2.24) is 4.98 Å². The lowest BCUT2D eigenvalue weighted by Gasteiger charge is -2.31. The average Bonchev–Trinajstić information content (AvgIpc) is 3.17. The van der Waals surface area contributed by atoms with Crippen LogP contribution in [0, 0.1) is 11.3 Å². The first kappa shape index (κ1) is 23.4. The number of alkyl halides is 5. The Balaban J connectivity index is 1.68. The lowest BCUT2D eigenvalue weighted by molar-refractivity contribution is -0.137. The maximum absolute atomic E-state index is 14.1. The van der Waals surface area contributed by atoms with E-state index in [0.717, 1.165) is 6.07 Å². The van der Waals surface area contributed by atoms with Gasteiger partial charge < -0.3 is 10.2 Å². The van der Waals surface area contributed by atoms with Crippen LogP contribution in [-0.4, -0.2) is 38.3 Å². The number of nitrogens with one attached hydrogen (secondary N) is 1. The molecule has 0 spiro atoms. The summed E-state index contributed by atoms with van der Waals surface area (Å²) in [4.78, 5) is 17.8. The van der Waals surface area contributed by atoms with Gasteiger partial charge in [0.05, 0.1) is 21.9 Å². The molecule has 0 unspecified atom stereocenters.